The molecule has 3 nitrogen and oxygen atoms in total. The van der Waals surface area contributed by atoms with Gasteiger partial charge in [-0.05, 0) is 30.2 Å². The molecule has 1 aromatic carbocycles. The average molecular weight is 242 g/mol. The summed E-state index contributed by atoms with van der Waals surface area (Å²) in [5.41, 5.74) is 2.13. The monoisotopic (exact) mass is 242 g/mol. The first-order valence-electron chi connectivity index (χ1n) is 6.06. The number of aliphatic hydroxyl groups excluding tert-OH is 1. The number of aromatic nitrogens is 1. The maximum absolute atomic E-state index is 9.57. The van der Waals surface area contributed by atoms with E-state index < -0.39 is 6.10 Å². The van der Waals surface area contributed by atoms with Crippen molar-refractivity contribution < 1.29 is 5.11 Å². The third kappa shape index (κ3) is 3.08. The minimum Gasteiger partial charge on any atom is -0.389 e. The molecule has 0 radical (unpaired) electrons. The van der Waals surface area contributed by atoms with E-state index >= 15 is 0 Å². The number of aliphatic hydroxyl groups is 1. The summed E-state index contributed by atoms with van der Waals surface area (Å²) in [5, 5.41) is 9.57. The van der Waals surface area contributed by atoms with Crippen LogP contribution in [0.3, 0.4) is 0 Å². The molecule has 0 aliphatic rings. The first kappa shape index (κ1) is 12.6. The van der Waals surface area contributed by atoms with E-state index in [0.29, 0.717) is 0 Å². The average Bonchev–Trinajstić information content (AvgIpc) is 2.40. The molecule has 0 aliphatic carbocycles. The van der Waals surface area contributed by atoms with Crippen LogP contribution < -0.4 is 4.90 Å². The smallest absolute Gasteiger partial charge is 0.128 e. The lowest BCUT2D eigenvalue weighted by molar-refractivity contribution is 0.199. The molecule has 94 valence electrons. The van der Waals surface area contributed by atoms with Gasteiger partial charge < -0.3 is 10.0 Å². The van der Waals surface area contributed by atoms with E-state index in [0.717, 1.165) is 17.9 Å². The van der Waals surface area contributed by atoms with E-state index in [2.05, 4.69) is 22.0 Å². The van der Waals surface area contributed by atoms with Crippen molar-refractivity contribution in [3.8, 4) is 0 Å². The maximum atomic E-state index is 9.57. The van der Waals surface area contributed by atoms with Gasteiger partial charge in [0.2, 0.25) is 0 Å². The number of hydrogen-bond acceptors (Lipinski definition) is 3. The number of hydrogen-bond donors (Lipinski definition) is 1. The van der Waals surface area contributed by atoms with Gasteiger partial charge in [0.25, 0.3) is 0 Å². The van der Waals surface area contributed by atoms with Crippen molar-refractivity contribution in [2.45, 2.75) is 19.6 Å². The molecular formula is C15H18N2O. The van der Waals surface area contributed by atoms with Crippen LogP contribution >= 0.6 is 0 Å². The predicted molar refractivity (Wildman–Crippen MR) is 73.4 cm³/mol. The van der Waals surface area contributed by atoms with Gasteiger partial charge in [0.15, 0.2) is 0 Å². The van der Waals surface area contributed by atoms with Gasteiger partial charge in [0.05, 0.1) is 6.10 Å². The Hall–Kier alpha value is -1.87. The molecule has 0 spiro atoms. The SMILES string of the molecule is CC(O)c1ccnc(N(C)Cc2ccccc2)c1. The lowest BCUT2D eigenvalue weighted by Gasteiger charge is -2.19. The van der Waals surface area contributed by atoms with Crippen molar-refractivity contribution in [2.75, 3.05) is 11.9 Å². The molecule has 1 N–H and O–H groups in total. The van der Waals surface area contributed by atoms with E-state index in [4.69, 9.17) is 0 Å². The summed E-state index contributed by atoms with van der Waals surface area (Å²) in [4.78, 5) is 6.40. The highest BCUT2D eigenvalue weighted by atomic mass is 16.3. The van der Waals surface area contributed by atoms with Crippen LogP contribution in [0.15, 0.2) is 48.7 Å². The van der Waals surface area contributed by atoms with Gasteiger partial charge in [-0.1, -0.05) is 30.3 Å². The summed E-state index contributed by atoms with van der Waals surface area (Å²) in [5.74, 6) is 0.872. The van der Waals surface area contributed by atoms with E-state index in [1.165, 1.54) is 5.56 Å². The summed E-state index contributed by atoms with van der Waals surface area (Å²) in [7, 11) is 2.00. The first-order chi connectivity index (χ1) is 8.66. The Bertz CT molecular complexity index is 497. The van der Waals surface area contributed by atoms with Crippen LogP contribution in [0.5, 0.6) is 0 Å². The third-order valence-electron chi connectivity index (χ3n) is 2.91. The molecule has 0 saturated carbocycles. The van der Waals surface area contributed by atoms with E-state index in [1.807, 2.05) is 37.4 Å². The lowest BCUT2D eigenvalue weighted by Crippen LogP contribution is -2.17. The Morgan fingerprint density at radius 1 is 1.22 bits per heavy atom. The van der Waals surface area contributed by atoms with Crippen molar-refractivity contribution in [2.24, 2.45) is 0 Å². The van der Waals surface area contributed by atoms with Crippen LogP contribution in [-0.2, 0) is 6.54 Å². The van der Waals surface area contributed by atoms with Gasteiger partial charge >= 0.3 is 0 Å². The Morgan fingerprint density at radius 3 is 2.61 bits per heavy atom. The van der Waals surface area contributed by atoms with Crippen LogP contribution in [0.25, 0.3) is 0 Å². The van der Waals surface area contributed by atoms with Gasteiger partial charge in [0.1, 0.15) is 5.82 Å². The fourth-order valence-corrected chi connectivity index (χ4v) is 1.84. The minimum atomic E-state index is -0.461. The van der Waals surface area contributed by atoms with Crippen molar-refractivity contribution in [1.29, 1.82) is 0 Å². The zero-order valence-corrected chi connectivity index (χ0v) is 10.7. The van der Waals surface area contributed by atoms with Crippen molar-refractivity contribution in [1.82, 2.24) is 4.98 Å². The van der Waals surface area contributed by atoms with E-state index in [9.17, 15) is 5.11 Å². The van der Waals surface area contributed by atoms with Gasteiger partial charge in [-0.2, -0.15) is 0 Å². The molecule has 3 heteroatoms. The highest BCUT2D eigenvalue weighted by molar-refractivity contribution is 5.41. The maximum Gasteiger partial charge on any atom is 0.128 e. The summed E-state index contributed by atoms with van der Waals surface area (Å²) in [6.07, 6.45) is 1.27. The quantitative estimate of drug-likeness (QED) is 0.895. The molecule has 0 bridgehead atoms. The molecule has 1 unspecified atom stereocenters. The molecule has 1 heterocycles. The molecule has 0 amide bonds. The molecule has 1 aromatic heterocycles. The van der Waals surface area contributed by atoms with Crippen molar-refractivity contribution >= 4 is 5.82 Å². The number of anilines is 1. The lowest BCUT2D eigenvalue weighted by atomic mass is 10.1. The Morgan fingerprint density at radius 2 is 1.94 bits per heavy atom. The topological polar surface area (TPSA) is 36.4 Å². The van der Waals surface area contributed by atoms with Crippen molar-refractivity contribution in [3.05, 3.63) is 59.8 Å². The highest BCUT2D eigenvalue weighted by Crippen LogP contribution is 2.18. The van der Waals surface area contributed by atoms with Crippen LogP contribution in [-0.4, -0.2) is 17.1 Å². The number of rotatable bonds is 4. The second kappa shape index (κ2) is 5.65. The van der Waals surface area contributed by atoms with E-state index in [1.54, 1.807) is 13.1 Å². The van der Waals surface area contributed by atoms with Gasteiger partial charge in [-0.3, -0.25) is 0 Å². The molecule has 2 aromatic rings. The molecule has 0 aliphatic heterocycles. The zero-order valence-electron chi connectivity index (χ0n) is 10.7. The van der Waals surface area contributed by atoms with E-state index in [-0.39, 0.29) is 0 Å². The number of benzene rings is 1. The Balaban J connectivity index is 2.14. The number of nitrogens with zero attached hydrogens (tertiary/aromatic N) is 2. The Labute approximate surface area is 108 Å². The summed E-state index contributed by atoms with van der Waals surface area (Å²) >= 11 is 0. The zero-order chi connectivity index (χ0) is 13.0. The Kier molecular flexibility index (Phi) is 3.95. The second-order valence-corrected chi connectivity index (χ2v) is 4.47. The largest absolute Gasteiger partial charge is 0.389 e. The molecule has 18 heavy (non-hydrogen) atoms. The molecule has 0 saturated heterocycles. The molecule has 2 rings (SSSR count). The van der Waals surface area contributed by atoms with Gasteiger partial charge in [-0.25, -0.2) is 4.98 Å². The summed E-state index contributed by atoms with van der Waals surface area (Å²) < 4.78 is 0. The van der Waals surface area contributed by atoms with Crippen LogP contribution in [0.1, 0.15) is 24.2 Å². The highest BCUT2D eigenvalue weighted by Gasteiger charge is 2.06. The summed E-state index contributed by atoms with van der Waals surface area (Å²) in [6, 6.07) is 14.0. The van der Waals surface area contributed by atoms with Gasteiger partial charge in [0, 0.05) is 19.8 Å². The molecule has 1 atom stereocenters. The molecular weight excluding hydrogens is 224 g/mol. The van der Waals surface area contributed by atoms with Gasteiger partial charge in [-0.15, -0.1) is 0 Å². The normalized spacial score (nSPS) is 12.2. The third-order valence-corrected chi connectivity index (χ3v) is 2.91. The van der Waals surface area contributed by atoms with Crippen LogP contribution in [0, 0.1) is 0 Å². The first-order valence-corrected chi connectivity index (χ1v) is 6.06. The predicted octanol–water partition coefficient (Wildman–Crippen LogP) is 2.77. The summed E-state index contributed by atoms with van der Waals surface area (Å²) in [6.45, 7) is 2.56. The van der Waals surface area contributed by atoms with Crippen LogP contribution in [0.4, 0.5) is 5.82 Å². The fraction of sp³-hybridized carbons (Fsp3) is 0.267. The number of pyridine rings is 1. The van der Waals surface area contributed by atoms with Crippen LogP contribution in [0.2, 0.25) is 0 Å². The minimum absolute atomic E-state index is 0.461. The molecule has 0 fully saturated rings. The van der Waals surface area contributed by atoms with Crippen molar-refractivity contribution in [3.63, 3.8) is 0 Å². The fourth-order valence-electron chi connectivity index (χ4n) is 1.84. The standard InChI is InChI=1S/C15H18N2O/c1-12(18)14-8-9-16-15(10-14)17(2)11-13-6-4-3-5-7-13/h3-10,12,18H,11H2,1-2H3. The second-order valence-electron chi connectivity index (χ2n) is 4.47.